The highest BCUT2D eigenvalue weighted by molar-refractivity contribution is 8.01. The predicted octanol–water partition coefficient (Wildman–Crippen LogP) is 3.87. The fourth-order valence-electron chi connectivity index (χ4n) is 2.47. The molecule has 3 aromatic rings. The van der Waals surface area contributed by atoms with Crippen molar-refractivity contribution in [1.82, 2.24) is 15.5 Å². The number of carbonyl (C=O) groups is 2. The average molecular weight is 479 g/mol. The molecule has 1 heterocycles. The van der Waals surface area contributed by atoms with Gasteiger partial charge in [-0.2, -0.15) is 0 Å². The maximum Gasteiger partial charge on any atom is 0.286 e. The Morgan fingerprint density at radius 2 is 1.87 bits per heavy atom. The van der Waals surface area contributed by atoms with Gasteiger partial charge in [-0.1, -0.05) is 34.7 Å². The van der Waals surface area contributed by atoms with E-state index in [2.05, 4.69) is 20.8 Å². The van der Waals surface area contributed by atoms with Crippen molar-refractivity contribution in [3.63, 3.8) is 0 Å². The molecule has 0 bridgehead atoms. The summed E-state index contributed by atoms with van der Waals surface area (Å²) in [5.74, 6) is 0.921. The summed E-state index contributed by atoms with van der Waals surface area (Å²) in [6.45, 7) is 0.296. The molecule has 31 heavy (non-hydrogen) atoms. The molecule has 2 amide bonds. The van der Waals surface area contributed by atoms with Gasteiger partial charge in [0.15, 0.2) is 4.34 Å². The van der Waals surface area contributed by atoms with Crippen molar-refractivity contribution in [2.45, 2.75) is 10.9 Å². The molecule has 8 nitrogen and oxygen atoms in total. The van der Waals surface area contributed by atoms with E-state index < -0.39 is 0 Å². The monoisotopic (exact) mass is 478 g/mol. The molecule has 0 aliphatic carbocycles. The van der Waals surface area contributed by atoms with Gasteiger partial charge in [0.2, 0.25) is 10.9 Å². The first-order valence-corrected chi connectivity index (χ1v) is 11.2. The number of methoxy groups -OCH3 is 2. The lowest BCUT2D eigenvalue weighted by Gasteiger charge is -2.11. The van der Waals surface area contributed by atoms with Crippen LogP contribution in [0.25, 0.3) is 0 Å². The fourth-order valence-corrected chi connectivity index (χ4v) is 4.17. The molecular weight excluding hydrogens is 460 g/mol. The van der Waals surface area contributed by atoms with Crippen molar-refractivity contribution in [2.24, 2.45) is 0 Å². The Morgan fingerprint density at radius 1 is 1.10 bits per heavy atom. The van der Waals surface area contributed by atoms with Crippen LogP contribution in [0.3, 0.4) is 0 Å². The Labute approximate surface area is 192 Å². The van der Waals surface area contributed by atoms with E-state index in [0.29, 0.717) is 33.1 Å². The molecule has 162 valence electrons. The van der Waals surface area contributed by atoms with Gasteiger partial charge in [0.25, 0.3) is 5.91 Å². The van der Waals surface area contributed by atoms with Crippen LogP contribution in [0.15, 0.2) is 46.8 Å². The summed E-state index contributed by atoms with van der Waals surface area (Å²) in [5.41, 5.74) is 1.41. The molecule has 0 radical (unpaired) electrons. The molecule has 0 atom stereocenters. The Hall–Kier alpha value is -2.82. The van der Waals surface area contributed by atoms with Crippen LogP contribution in [0.1, 0.15) is 15.4 Å². The first kappa shape index (κ1) is 22.9. The number of thioether (sulfide) groups is 1. The van der Waals surface area contributed by atoms with Gasteiger partial charge in [0.1, 0.15) is 11.5 Å². The molecule has 2 aromatic carbocycles. The van der Waals surface area contributed by atoms with Gasteiger partial charge in [-0.25, -0.2) is 0 Å². The Bertz CT molecular complexity index is 1060. The second kappa shape index (κ2) is 11.0. The number of aromatic nitrogens is 2. The number of rotatable bonds is 9. The van der Waals surface area contributed by atoms with Crippen molar-refractivity contribution in [3.8, 4) is 11.5 Å². The van der Waals surface area contributed by atoms with Crippen LogP contribution in [0.2, 0.25) is 5.02 Å². The van der Waals surface area contributed by atoms with E-state index in [0.717, 1.165) is 16.9 Å². The lowest BCUT2D eigenvalue weighted by molar-refractivity contribution is -0.118. The van der Waals surface area contributed by atoms with Crippen LogP contribution in [0, 0.1) is 0 Å². The number of nitrogens with one attached hydrogen (secondary N) is 2. The molecule has 1 aromatic heterocycles. The van der Waals surface area contributed by atoms with E-state index in [9.17, 15) is 9.59 Å². The lowest BCUT2D eigenvalue weighted by atomic mass is 10.2. The molecule has 0 aliphatic heterocycles. The number of hydrogen-bond acceptors (Lipinski definition) is 8. The van der Waals surface area contributed by atoms with Gasteiger partial charge < -0.3 is 20.1 Å². The van der Waals surface area contributed by atoms with Gasteiger partial charge in [0.05, 0.1) is 20.0 Å². The summed E-state index contributed by atoms with van der Waals surface area (Å²) in [6, 6.07) is 12.1. The zero-order chi connectivity index (χ0) is 22.2. The standard InChI is InChI=1S/C20H19ClN4O4S2/c1-28-15-7-8-16(29-2)12(9-15)10-22-17(26)11-30-20-25-24-19(31-20)18(27)23-14-5-3-13(21)4-6-14/h3-9H,10-11H2,1-2H3,(H,22,26)(H,23,27). The molecule has 11 heteroatoms. The molecule has 0 saturated carbocycles. The van der Waals surface area contributed by atoms with Crippen LogP contribution in [0.5, 0.6) is 11.5 Å². The first-order chi connectivity index (χ1) is 15.0. The summed E-state index contributed by atoms with van der Waals surface area (Å²) in [6.07, 6.45) is 0. The van der Waals surface area contributed by atoms with E-state index in [4.69, 9.17) is 21.1 Å². The molecule has 0 aliphatic rings. The number of halogens is 1. The molecule has 2 N–H and O–H groups in total. The minimum Gasteiger partial charge on any atom is -0.497 e. The summed E-state index contributed by atoms with van der Waals surface area (Å²) in [5, 5.41) is 14.2. The fraction of sp³-hybridized carbons (Fsp3) is 0.200. The minimum absolute atomic E-state index is 0.139. The topological polar surface area (TPSA) is 102 Å². The highest BCUT2D eigenvalue weighted by atomic mass is 35.5. The molecule has 0 spiro atoms. The summed E-state index contributed by atoms with van der Waals surface area (Å²) in [4.78, 5) is 24.5. The number of anilines is 1. The van der Waals surface area contributed by atoms with Gasteiger partial charge in [-0.15, -0.1) is 10.2 Å². The van der Waals surface area contributed by atoms with Gasteiger partial charge in [-0.3, -0.25) is 9.59 Å². The Morgan fingerprint density at radius 3 is 2.58 bits per heavy atom. The molecule has 0 saturated heterocycles. The number of benzene rings is 2. The van der Waals surface area contributed by atoms with Gasteiger partial charge >= 0.3 is 0 Å². The maximum absolute atomic E-state index is 12.3. The number of ether oxygens (including phenoxy) is 2. The number of nitrogens with zero attached hydrogens (tertiary/aromatic N) is 2. The number of amides is 2. The zero-order valence-corrected chi connectivity index (χ0v) is 19.1. The highest BCUT2D eigenvalue weighted by Gasteiger charge is 2.15. The van der Waals surface area contributed by atoms with Crippen LogP contribution < -0.4 is 20.1 Å². The minimum atomic E-state index is -0.374. The smallest absolute Gasteiger partial charge is 0.286 e. The van der Waals surface area contributed by atoms with Gasteiger partial charge in [0, 0.05) is 22.8 Å². The summed E-state index contributed by atoms with van der Waals surface area (Å²) < 4.78 is 11.0. The van der Waals surface area contributed by atoms with Gasteiger partial charge in [-0.05, 0) is 42.5 Å². The van der Waals surface area contributed by atoms with E-state index >= 15 is 0 Å². The third-order valence-corrected chi connectivity index (χ3v) is 6.30. The highest BCUT2D eigenvalue weighted by Crippen LogP contribution is 2.25. The second-order valence-corrected chi connectivity index (χ2v) is 8.71. The molecule has 0 fully saturated rings. The third kappa shape index (κ3) is 6.58. The van der Waals surface area contributed by atoms with Crippen LogP contribution >= 0.6 is 34.7 Å². The van der Waals surface area contributed by atoms with Crippen molar-refractivity contribution in [1.29, 1.82) is 0 Å². The van der Waals surface area contributed by atoms with E-state index in [-0.39, 0.29) is 22.6 Å². The van der Waals surface area contributed by atoms with Crippen molar-refractivity contribution >= 4 is 52.2 Å². The van der Waals surface area contributed by atoms with Crippen LogP contribution in [0.4, 0.5) is 5.69 Å². The van der Waals surface area contributed by atoms with E-state index in [1.54, 1.807) is 50.6 Å². The molecule has 0 unspecified atom stereocenters. The molecule has 3 rings (SSSR count). The van der Waals surface area contributed by atoms with Crippen LogP contribution in [-0.4, -0.2) is 42.0 Å². The van der Waals surface area contributed by atoms with E-state index in [1.165, 1.54) is 11.8 Å². The quantitative estimate of drug-likeness (QED) is 0.450. The summed E-state index contributed by atoms with van der Waals surface area (Å²) >= 11 is 8.16. The maximum atomic E-state index is 12.3. The Kier molecular flexibility index (Phi) is 8.10. The Balaban J connectivity index is 1.49. The summed E-state index contributed by atoms with van der Waals surface area (Å²) in [7, 11) is 3.14. The SMILES string of the molecule is COc1ccc(OC)c(CNC(=O)CSc2nnc(C(=O)Nc3ccc(Cl)cc3)s2)c1. The van der Waals surface area contributed by atoms with Crippen LogP contribution in [-0.2, 0) is 11.3 Å². The number of hydrogen-bond donors (Lipinski definition) is 2. The second-order valence-electron chi connectivity index (χ2n) is 6.08. The third-order valence-electron chi connectivity index (χ3n) is 3.99. The molecular formula is C20H19ClN4O4S2. The van der Waals surface area contributed by atoms with Crippen molar-refractivity contribution in [3.05, 3.63) is 58.1 Å². The van der Waals surface area contributed by atoms with Crippen molar-refractivity contribution < 1.29 is 19.1 Å². The largest absolute Gasteiger partial charge is 0.497 e. The average Bonchev–Trinajstić information content (AvgIpc) is 3.27. The lowest BCUT2D eigenvalue weighted by Crippen LogP contribution is -2.24. The first-order valence-electron chi connectivity index (χ1n) is 8.99. The number of carbonyl (C=O) groups excluding carboxylic acids is 2. The predicted molar refractivity (Wildman–Crippen MR) is 121 cm³/mol. The van der Waals surface area contributed by atoms with E-state index in [1.807, 2.05) is 6.07 Å². The zero-order valence-electron chi connectivity index (χ0n) is 16.7. The normalized spacial score (nSPS) is 10.4. The van der Waals surface area contributed by atoms with Crippen molar-refractivity contribution in [2.75, 3.05) is 25.3 Å².